The van der Waals surface area contributed by atoms with Gasteiger partial charge in [0, 0.05) is 25.0 Å². The quantitative estimate of drug-likeness (QED) is 0.547. The average Bonchev–Trinajstić information content (AvgIpc) is 3.41. The van der Waals surface area contributed by atoms with Crippen LogP contribution in [-0.2, 0) is 14.3 Å². The van der Waals surface area contributed by atoms with Crippen LogP contribution in [0.4, 0.5) is 4.79 Å². The molecule has 2 amide bonds. The Morgan fingerprint density at radius 2 is 1.69 bits per heavy atom. The van der Waals surface area contributed by atoms with E-state index in [1.54, 1.807) is 4.90 Å². The van der Waals surface area contributed by atoms with Crippen LogP contribution < -0.4 is 5.32 Å². The first kappa shape index (κ1) is 24.8. The van der Waals surface area contributed by atoms with Crippen molar-refractivity contribution in [2.45, 2.75) is 51.5 Å². The Labute approximate surface area is 206 Å². The number of nitrogens with zero attached hydrogens (tertiary/aromatic N) is 1. The second-order valence-electron chi connectivity index (χ2n) is 9.96. The van der Waals surface area contributed by atoms with Crippen molar-refractivity contribution >= 4 is 18.0 Å². The number of rotatable bonds is 9. The molecule has 2 aromatic rings. The minimum atomic E-state index is -0.896. The van der Waals surface area contributed by atoms with Gasteiger partial charge in [-0.05, 0) is 47.4 Å². The van der Waals surface area contributed by atoms with Crippen LogP contribution in [0.3, 0.4) is 0 Å². The fourth-order valence-corrected chi connectivity index (χ4v) is 5.47. The molecule has 7 heteroatoms. The van der Waals surface area contributed by atoms with Gasteiger partial charge in [-0.1, -0.05) is 62.4 Å². The summed E-state index contributed by atoms with van der Waals surface area (Å²) in [4.78, 5) is 38.8. The highest BCUT2D eigenvalue weighted by Gasteiger charge is 2.35. The molecular weight excluding hydrogens is 444 g/mol. The molecule has 0 aromatic heterocycles. The lowest BCUT2D eigenvalue weighted by Crippen LogP contribution is -2.45. The zero-order valence-corrected chi connectivity index (χ0v) is 20.4. The van der Waals surface area contributed by atoms with Crippen molar-refractivity contribution in [2.24, 2.45) is 11.8 Å². The second kappa shape index (κ2) is 10.9. The Balaban J connectivity index is 1.36. The Morgan fingerprint density at radius 3 is 2.29 bits per heavy atom. The first-order chi connectivity index (χ1) is 16.8. The van der Waals surface area contributed by atoms with Gasteiger partial charge in [-0.15, -0.1) is 0 Å². The third-order valence-corrected chi connectivity index (χ3v) is 7.01. The van der Waals surface area contributed by atoms with Gasteiger partial charge < -0.3 is 20.1 Å². The van der Waals surface area contributed by atoms with Crippen molar-refractivity contribution in [3.05, 3.63) is 59.7 Å². The van der Waals surface area contributed by atoms with E-state index >= 15 is 0 Å². The molecule has 4 rings (SSSR count). The summed E-state index contributed by atoms with van der Waals surface area (Å²) in [6, 6.07) is 16.1. The zero-order chi connectivity index (χ0) is 24.9. The van der Waals surface area contributed by atoms with Gasteiger partial charge in [0.25, 0.3) is 0 Å². The van der Waals surface area contributed by atoms with E-state index in [-0.39, 0.29) is 43.4 Å². The van der Waals surface area contributed by atoms with Crippen molar-refractivity contribution < 1.29 is 24.2 Å². The van der Waals surface area contributed by atoms with Crippen LogP contribution in [-0.4, -0.2) is 53.7 Å². The van der Waals surface area contributed by atoms with Crippen LogP contribution in [0.25, 0.3) is 11.1 Å². The summed E-state index contributed by atoms with van der Waals surface area (Å²) in [5.74, 6) is -1.16. The highest BCUT2D eigenvalue weighted by molar-refractivity contribution is 5.81. The number of carboxylic acid groups (broad SMARTS) is 1. The van der Waals surface area contributed by atoms with Crippen LogP contribution in [0.1, 0.15) is 56.6 Å². The average molecular weight is 479 g/mol. The van der Waals surface area contributed by atoms with Gasteiger partial charge in [0.05, 0.1) is 12.3 Å². The number of likely N-dealkylation sites (tertiary alicyclic amines) is 1. The lowest BCUT2D eigenvalue weighted by Gasteiger charge is -2.29. The number of amides is 2. The van der Waals surface area contributed by atoms with E-state index in [0.29, 0.717) is 19.4 Å². The minimum Gasteiger partial charge on any atom is -0.481 e. The summed E-state index contributed by atoms with van der Waals surface area (Å²) in [7, 11) is 0. The fraction of sp³-hybridized carbons (Fsp3) is 0.464. The first-order valence-electron chi connectivity index (χ1n) is 12.5. The molecule has 2 aliphatic rings. The molecule has 2 N–H and O–H groups in total. The number of aliphatic carboxylic acids is 1. The SMILES string of the molecule is CC(C)CC(CNC(=O)OCC1c2ccccc2-c2ccccc21)C(=O)N1CCCC1CC(=O)O. The highest BCUT2D eigenvalue weighted by Crippen LogP contribution is 2.44. The molecule has 0 radical (unpaired) electrons. The summed E-state index contributed by atoms with van der Waals surface area (Å²) in [5.41, 5.74) is 4.63. The standard InChI is InChI=1S/C28H34N2O5/c1-18(2)14-19(27(33)30-13-7-8-20(30)15-26(31)32)16-29-28(34)35-17-25-23-11-5-3-9-21(23)22-10-4-6-12-24(22)25/h3-6,9-12,18-20,25H,7-8,13-17H2,1-2H3,(H,29,34)(H,31,32). The number of hydrogen-bond donors (Lipinski definition) is 2. The normalized spacial score (nSPS) is 17.7. The molecule has 2 atom stereocenters. The van der Waals surface area contributed by atoms with Crippen LogP contribution in [0.15, 0.2) is 48.5 Å². The maximum Gasteiger partial charge on any atom is 0.407 e. The van der Waals surface area contributed by atoms with Crippen LogP contribution in [0, 0.1) is 11.8 Å². The predicted molar refractivity (Wildman–Crippen MR) is 133 cm³/mol. The summed E-state index contributed by atoms with van der Waals surface area (Å²) in [5, 5.41) is 12.0. The van der Waals surface area contributed by atoms with Gasteiger partial charge in [0.15, 0.2) is 0 Å². The van der Waals surface area contributed by atoms with E-state index < -0.39 is 18.0 Å². The van der Waals surface area contributed by atoms with Crippen molar-refractivity contribution in [3.63, 3.8) is 0 Å². The molecule has 1 fully saturated rings. The molecular formula is C28H34N2O5. The first-order valence-corrected chi connectivity index (χ1v) is 12.5. The van der Waals surface area contributed by atoms with E-state index in [1.807, 2.05) is 38.1 Å². The fourth-order valence-electron chi connectivity index (χ4n) is 5.47. The Morgan fingerprint density at radius 1 is 1.06 bits per heavy atom. The molecule has 0 bridgehead atoms. The Kier molecular flexibility index (Phi) is 7.73. The lowest BCUT2D eigenvalue weighted by atomic mass is 9.95. The lowest BCUT2D eigenvalue weighted by molar-refractivity contribution is -0.141. The number of carbonyl (C=O) groups is 3. The summed E-state index contributed by atoms with van der Waals surface area (Å²) in [6.45, 7) is 5.02. The van der Waals surface area contributed by atoms with Crippen molar-refractivity contribution in [1.82, 2.24) is 10.2 Å². The molecule has 0 saturated carbocycles. The largest absolute Gasteiger partial charge is 0.481 e. The van der Waals surface area contributed by atoms with Crippen LogP contribution >= 0.6 is 0 Å². The van der Waals surface area contributed by atoms with Gasteiger partial charge in [-0.2, -0.15) is 0 Å². The maximum atomic E-state index is 13.3. The highest BCUT2D eigenvalue weighted by atomic mass is 16.5. The number of alkyl carbamates (subject to hydrolysis) is 1. The number of hydrogen-bond acceptors (Lipinski definition) is 4. The van der Waals surface area contributed by atoms with Crippen molar-refractivity contribution in [2.75, 3.05) is 19.7 Å². The van der Waals surface area contributed by atoms with E-state index in [1.165, 1.54) is 11.1 Å². The van der Waals surface area contributed by atoms with E-state index in [2.05, 4.69) is 29.6 Å². The van der Waals surface area contributed by atoms with Crippen molar-refractivity contribution in [1.29, 1.82) is 0 Å². The molecule has 7 nitrogen and oxygen atoms in total. The van der Waals surface area contributed by atoms with Gasteiger partial charge in [0.2, 0.25) is 5.91 Å². The molecule has 186 valence electrons. The summed E-state index contributed by atoms with van der Waals surface area (Å²) in [6.07, 6.45) is 1.53. The second-order valence-corrected chi connectivity index (χ2v) is 9.96. The van der Waals surface area contributed by atoms with Crippen LogP contribution in [0.5, 0.6) is 0 Å². The molecule has 2 aromatic carbocycles. The number of ether oxygens (including phenoxy) is 1. The molecule has 1 saturated heterocycles. The van der Waals surface area contributed by atoms with Gasteiger partial charge in [0.1, 0.15) is 6.61 Å². The van der Waals surface area contributed by atoms with Crippen LogP contribution in [0.2, 0.25) is 0 Å². The Hall–Kier alpha value is -3.35. The maximum absolute atomic E-state index is 13.3. The third kappa shape index (κ3) is 5.66. The Bertz CT molecular complexity index is 1040. The zero-order valence-electron chi connectivity index (χ0n) is 20.4. The number of benzene rings is 2. The molecule has 1 aliphatic carbocycles. The molecule has 35 heavy (non-hydrogen) atoms. The van der Waals surface area contributed by atoms with Gasteiger partial charge in [-0.3, -0.25) is 9.59 Å². The van der Waals surface area contributed by atoms with E-state index in [0.717, 1.165) is 17.5 Å². The number of fused-ring (bicyclic) bond motifs is 3. The predicted octanol–water partition coefficient (Wildman–Crippen LogP) is 4.65. The number of carbonyl (C=O) groups excluding carboxylic acids is 2. The smallest absolute Gasteiger partial charge is 0.407 e. The van der Waals surface area contributed by atoms with E-state index in [9.17, 15) is 19.5 Å². The monoisotopic (exact) mass is 478 g/mol. The van der Waals surface area contributed by atoms with E-state index in [4.69, 9.17) is 4.74 Å². The summed E-state index contributed by atoms with van der Waals surface area (Å²) >= 11 is 0. The third-order valence-electron chi connectivity index (χ3n) is 7.01. The van der Waals surface area contributed by atoms with Gasteiger partial charge >= 0.3 is 12.1 Å². The molecule has 2 unspecified atom stereocenters. The molecule has 0 spiro atoms. The number of nitrogens with one attached hydrogen (secondary N) is 1. The van der Waals surface area contributed by atoms with Gasteiger partial charge in [-0.25, -0.2) is 4.79 Å². The molecule has 1 heterocycles. The topological polar surface area (TPSA) is 95.9 Å². The number of carboxylic acids is 1. The van der Waals surface area contributed by atoms with Crippen molar-refractivity contribution in [3.8, 4) is 11.1 Å². The molecule has 1 aliphatic heterocycles. The summed E-state index contributed by atoms with van der Waals surface area (Å²) < 4.78 is 5.62. The minimum absolute atomic E-state index is 0.0254.